The SMILES string of the molecule is CCCCc1c(Br)ccc(C(N)=O)c1F. The molecule has 0 atom stereocenters. The lowest BCUT2D eigenvalue weighted by Gasteiger charge is -2.08. The molecular formula is C11H13BrFNO. The Balaban J connectivity index is 3.12. The summed E-state index contributed by atoms with van der Waals surface area (Å²) in [6.07, 6.45) is 2.48. The van der Waals surface area contributed by atoms with Gasteiger partial charge in [0.15, 0.2) is 0 Å². The zero-order chi connectivity index (χ0) is 11.4. The molecule has 0 fully saturated rings. The highest BCUT2D eigenvalue weighted by molar-refractivity contribution is 9.10. The van der Waals surface area contributed by atoms with E-state index in [4.69, 9.17) is 5.73 Å². The van der Waals surface area contributed by atoms with Crippen molar-refractivity contribution in [1.29, 1.82) is 0 Å². The van der Waals surface area contributed by atoms with E-state index in [0.29, 0.717) is 16.5 Å². The Hall–Kier alpha value is -0.900. The zero-order valence-corrected chi connectivity index (χ0v) is 10.1. The van der Waals surface area contributed by atoms with Crippen molar-refractivity contribution in [2.75, 3.05) is 0 Å². The number of halogens is 2. The van der Waals surface area contributed by atoms with E-state index in [-0.39, 0.29) is 5.56 Å². The molecule has 2 nitrogen and oxygen atoms in total. The number of amides is 1. The maximum Gasteiger partial charge on any atom is 0.251 e. The lowest BCUT2D eigenvalue weighted by Crippen LogP contribution is -2.14. The lowest BCUT2D eigenvalue weighted by atomic mass is 10.0. The summed E-state index contributed by atoms with van der Waals surface area (Å²) in [6, 6.07) is 3.06. The van der Waals surface area contributed by atoms with Crippen LogP contribution in [-0.4, -0.2) is 5.91 Å². The summed E-state index contributed by atoms with van der Waals surface area (Å²) in [5.41, 5.74) is 5.57. The lowest BCUT2D eigenvalue weighted by molar-refractivity contribution is 0.0996. The van der Waals surface area contributed by atoms with Crippen LogP contribution in [-0.2, 0) is 6.42 Å². The minimum atomic E-state index is -0.724. The highest BCUT2D eigenvalue weighted by atomic mass is 79.9. The number of nitrogens with two attached hydrogens (primary N) is 1. The van der Waals surface area contributed by atoms with E-state index in [9.17, 15) is 9.18 Å². The van der Waals surface area contributed by atoms with Gasteiger partial charge >= 0.3 is 0 Å². The quantitative estimate of drug-likeness (QED) is 0.901. The molecule has 1 aromatic carbocycles. The van der Waals surface area contributed by atoms with Gasteiger partial charge in [0.05, 0.1) is 5.56 Å². The van der Waals surface area contributed by atoms with Crippen molar-refractivity contribution >= 4 is 21.8 Å². The predicted octanol–water partition coefficient (Wildman–Crippen LogP) is 3.03. The van der Waals surface area contributed by atoms with Gasteiger partial charge < -0.3 is 5.73 Å². The van der Waals surface area contributed by atoms with Crippen molar-refractivity contribution in [3.05, 3.63) is 33.5 Å². The van der Waals surface area contributed by atoms with E-state index in [2.05, 4.69) is 15.9 Å². The van der Waals surface area contributed by atoms with Gasteiger partial charge in [-0.3, -0.25) is 4.79 Å². The summed E-state index contributed by atoms with van der Waals surface area (Å²) in [5, 5.41) is 0. The highest BCUT2D eigenvalue weighted by Gasteiger charge is 2.14. The van der Waals surface area contributed by atoms with Crippen LogP contribution in [0.25, 0.3) is 0 Å². The molecule has 15 heavy (non-hydrogen) atoms. The molecule has 0 saturated heterocycles. The normalized spacial score (nSPS) is 10.3. The van der Waals surface area contributed by atoms with Crippen LogP contribution in [0.2, 0.25) is 0 Å². The third kappa shape index (κ3) is 2.78. The summed E-state index contributed by atoms with van der Waals surface area (Å²) >= 11 is 3.27. The van der Waals surface area contributed by atoms with Crippen molar-refractivity contribution < 1.29 is 9.18 Å². The molecule has 0 aliphatic carbocycles. The summed E-state index contributed by atoms with van der Waals surface area (Å²) < 4.78 is 14.5. The molecule has 1 amide bonds. The van der Waals surface area contributed by atoms with E-state index >= 15 is 0 Å². The minimum absolute atomic E-state index is 0.0377. The Labute approximate surface area is 96.8 Å². The Morgan fingerprint density at radius 1 is 1.53 bits per heavy atom. The zero-order valence-electron chi connectivity index (χ0n) is 8.52. The van der Waals surface area contributed by atoms with E-state index in [0.717, 1.165) is 12.8 Å². The standard InChI is InChI=1S/C11H13BrFNO/c1-2-3-4-7-9(12)6-5-8(10(7)13)11(14)15/h5-6H,2-4H2,1H3,(H2,14,15). The maximum absolute atomic E-state index is 13.8. The smallest absolute Gasteiger partial charge is 0.251 e. The Bertz CT molecular complexity index is 379. The molecule has 1 rings (SSSR count). The van der Waals surface area contributed by atoms with Gasteiger partial charge in [0.1, 0.15) is 5.82 Å². The van der Waals surface area contributed by atoms with Crippen molar-refractivity contribution in [2.45, 2.75) is 26.2 Å². The van der Waals surface area contributed by atoms with Gasteiger partial charge in [-0.25, -0.2) is 4.39 Å². The van der Waals surface area contributed by atoms with Crippen LogP contribution >= 0.6 is 15.9 Å². The monoisotopic (exact) mass is 273 g/mol. The third-order valence-electron chi connectivity index (χ3n) is 2.23. The number of hydrogen-bond acceptors (Lipinski definition) is 1. The number of rotatable bonds is 4. The Morgan fingerprint density at radius 3 is 2.73 bits per heavy atom. The molecule has 82 valence electrons. The van der Waals surface area contributed by atoms with E-state index in [1.165, 1.54) is 6.07 Å². The van der Waals surface area contributed by atoms with Crippen LogP contribution in [0.1, 0.15) is 35.7 Å². The molecular weight excluding hydrogens is 261 g/mol. The van der Waals surface area contributed by atoms with Crippen LogP contribution in [0.4, 0.5) is 4.39 Å². The van der Waals surface area contributed by atoms with Crippen molar-refractivity contribution in [2.24, 2.45) is 5.73 Å². The Kier molecular flexibility index (Phi) is 4.27. The van der Waals surface area contributed by atoms with E-state index in [1.807, 2.05) is 6.92 Å². The second-order valence-corrected chi connectivity index (χ2v) is 4.21. The molecule has 0 bridgehead atoms. The highest BCUT2D eigenvalue weighted by Crippen LogP contribution is 2.24. The number of benzene rings is 1. The van der Waals surface area contributed by atoms with Crippen LogP contribution in [0.15, 0.2) is 16.6 Å². The van der Waals surface area contributed by atoms with E-state index in [1.54, 1.807) is 6.07 Å². The first-order valence-corrected chi connectivity index (χ1v) is 5.64. The first-order valence-electron chi connectivity index (χ1n) is 4.84. The summed E-state index contributed by atoms with van der Waals surface area (Å²) in [6.45, 7) is 2.03. The number of unbranched alkanes of at least 4 members (excludes halogenated alkanes) is 1. The van der Waals surface area contributed by atoms with Gasteiger partial charge in [-0.1, -0.05) is 29.3 Å². The van der Waals surface area contributed by atoms with Crippen LogP contribution in [0.5, 0.6) is 0 Å². The number of carbonyl (C=O) groups excluding carboxylic acids is 1. The first-order chi connectivity index (χ1) is 7.07. The molecule has 0 aliphatic heterocycles. The van der Waals surface area contributed by atoms with Crippen molar-refractivity contribution in [3.63, 3.8) is 0 Å². The molecule has 0 spiro atoms. The van der Waals surface area contributed by atoms with Crippen LogP contribution in [0, 0.1) is 5.82 Å². The maximum atomic E-state index is 13.8. The second kappa shape index (κ2) is 5.26. The van der Waals surface area contributed by atoms with Gasteiger partial charge in [-0.05, 0) is 25.0 Å². The fraction of sp³-hybridized carbons (Fsp3) is 0.364. The molecule has 0 unspecified atom stereocenters. The molecule has 0 aliphatic rings. The molecule has 0 radical (unpaired) electrons. The third-order valence-corrected chi connectivity index (χ3v) is 2.97. The fourth-order valence-electron chi connectivity index (χ4n) is 1.37. The average molecular weight is 274 g/mol. The largest absolute Gasteiger partial charge is 0.366 e. The number of primary amides is 1. The van der Waals surface area contributed by atoms with Gasteiger partial charge in [-0.15, -0.1) is 0 Å². The van der Waals surface area contributed by atoms with Gasteiger partial charge in [0, 0.05) is 10.0 Å². The molecule has 0 saturated carbocycles. The van der Waals surface area contributed by atoms with Gasteiger partial charge in [-0.2, -0.15) is 0 Å². The molecule has 4 heteroatoms. The second-order valence-electron chi connectivity index (χ2n) is 3.36. The predicted molar refractivity (Wildman–Crippen MR) is 61.2 cm³/mol. The Morgan fingerprint density at radius 2 is 2.20 bits per heavy atom. The van der Waals surface area contributed by atoms with E-state index < -0.39 is 11.7 Å². The van der Waals surface area contributed by atoms with Gasteiger partial charge in [0.25, 0.3) is 5.91 Å². The van der Waals surface area contributed by atoms with Gasteiger partial charge in [0.2, 0.25) is 0 Å². The topological polar surface area (TPSA) is 43.1 Å². The molecule has 0 aromatic heterocycles. The van der Waals surface area contributed by atoms with Crippen LogP contribution < -0.4 is 5.73 Å². The van der Waals surface area contributed by atoms with Crippen molar-refractivity contribution in [3.8, 4) is 0 Å². The summed E-state index contributed by atoms with van der Waals surface area (Å²) in [5.74, 6) is -1.22. The fourth-order valence-corrected chi connectivity index (χ4v) is 1.88. The number of carbonyl (C=O) groups is 1. The molecule has 2 N–H and O–H groups in total. The molecule has 1 aromatic rings. The van der Waals surface area contributed by atoms with Crippen LogP contribution in [0.3, 0.4) is 0 Å². The average Bonchev–Trinajstić information content (AvgIpc) is 2.17. The number of hydrogen-bond donors (Lipinski definition) is 1. The first kappa shape index (κ1) is 12.2. The summed E-state index contributed by atoms with van der Waals surface area (Å²) in [7, 11) is 0. The minimum Gasteiger partial charge on any atom is -0.366 e. The molecule has 0 heterocycles. The van der Waals surface area contributed by atoms with Crippen molar-refractivity contribution in [1.82, 2.24) is 0 Å². The summed E-state index contributed by atoms with van der Waals surface area (Å²) in [4.78, 5) is 10.9.